The van der Waals surface area contributed by atoms with E-state index >= 15 is 0 Å². The van der Waals surface area contributed by atoms with Crippen LogP contribution in [0.1, 0.15) is 46.9 Å². The first-order valence-electron chi connectivity index (χ1n) is 8.28. The van der Waals surface area contributed by atoms with Crippen molar-refractivity contribution < 1.29 is 19.1 Å². The van der Waals surface area contributed by atoms with E-state index in [1.54, 1.807) is 30.3 Å². The fraction of sp³-hybridized carbons (Fsp3) is 0.300. The second-order valence-corrected chi connectivity index (χ2v) is 6.31. The number of hydrogen-bond donors (Lipinski definition) is 0. The Hall–Kier alpha value is -2.27. The van der Waals surface area contributed by atoms with Gasteiger partial charge in [-0.25, -0.2) is 9.59 Å². The molecular weight excluding hydrogens is 336 g/mol. The van der Waals surface area contributed by atoms with E-state index in [1.807, 2.05) is 24.5 Å². The van der Waals surface area contributed by atoms with Crippen LogP contribution in [-0.2, 0) is 4.74 Å². The quantitative estimate of drug-likeness (QED) is 0.288. The Morgan fingerprint density at radius 2 is 1.56 bits per heavy atom. The molecule has 0 radical (unpaired) electrons. The second kappa shape index (κ2) is 9.89. The van der Waals surface area contributed by atoms with Gasteiger partial charge in [0, 0.05) is 4.90 Å². The van der Waals surface area contributed by atoms with Gasteiger partial charge in [0.2, 0.25) is 0 Å². The summed E-state index contributed by atoms with van der Waals surface area (Å²) in [5, 5.41) is 0. The number of rotatable bonds is 8. The summed E-state index contributed by atoms with van der Waals surface area (Å²) in [6, 6.07) is 13.7. The van der Waals surface area contributed by atoms with Gasteiger partial charge in [0.1, 0.15) is 5.75 Å². The van der Waals surface area contributed by atoms with Crippen LogP contribution in [0.2, 0.25) is 0 Å². The highest BCUT2D eigenvalue weighted by atomic mass is 32.2. The van der Waals surface area contributed by atoms with Gasteiger partial charge in [0.25, 0.3) is 0 Å². The van der Waals surface area contributed by atoms with E-state index in [0.717, 1.165) is 24.2 Å². The maximum Gasteiger partial charge on any atom is 0.343 e. The molecule has 0 heterocycles. The van der Waals surface area contributed by atoms with Gasteiger partial charge in [-0.2, -0.15) is 0 Å². The highest BCUT2D eigenvalue weighted by Gasteiger charge is 2.13. The summed E-state index contributed by atoms with van der Waals surface area (Å²) in [7, 11) is 0. The molecule has 0 N–H and O–H groups in total. The van der Waals surface area contributed by atoms with Crippen LogP contribution in [0, 0.1) is 0 Å². The van der Waals surface area contributed by atoms with Crippen molar-refractivity contribution in [2.45, 2.75) is 31.1 Å². The summed E-state index contributed by atoms with van der Waals surface area (Å²) in [5.41, 5.74) is 0.816. The highest BCUT2D eigenvalue weighted by Crippen LogP contribution is 2.27. The van der Waals surface area contributed by atoms with E-state index in [9.17, 15) is 9.59 Å². The van der Waals surface area contributed by atoms with Gasteiger partial charge in [-0.3, -0.25) is 0 Å². The molecule has 2 aromatic carbocycles. The zero-order valence-electron chi connectivity index (χ0n) is 14.5. The first kappa shape index (κ1) is 19.1. The minimum Gasteiger partial charge on any atom is -0.462 e. The molecule has 0 atom stereocenters. The van der Waals surface area contributed by atoms with E-state index in [4.69, 9.17) is 9.47 Å². The first-order valence-corrected chi connectivity index (χ1v) is 9.50. The number of ether oxygens (including phenoxy) is 2. The van der Waals surface area contributed by atoms with E-state index in [1.165, 1.54) is 11.8 Å². The van der Waals surface area contributed by atoms with Crippen LogP contribution < -0.4 is 4.74 Å². The average Bonchev–Trinajstić information content (AvgIpc) is 2.65. The number of carbonyl (C=O) groups is 2. The van der Waals surface area contributed by atoms with E-state index < -0.39 is 5.97 Å². The van der Waals surface area contributed by atoms with Crippen molar-refractivity contribution in [3.63, 3.8) is 0 Å². The summed E-state index contributed by atoms with van der Waals surface area (Å²) >= 11 is 1.51. The van der Waals surface area contributed by atoms with Crippen molar-refractivity contribution in [3.05, 3.63) is 59.7 Å². The largest absolute Gasteiger partial charge is 0.462 e. The molecule has 5 heteroatoms. The Bertz CT molecular complexity index is 710. The summed E-state index contributed by atoms with van der Waals surface area (Å²) < 4.78 is 10.6. The van der Waals surface area contributed by atoms with Crippen LogP contribution in [-0.4, -0.2) is 24.8 Å². The SMILES string of the molecule is CCCCCOC(=O)c1ccc(C(=O)Oc2ccccc2SC)cc1. The number of esters is 2. The smallest absolute Gasteiger partial charge is 0.343 e. The summed E-state index contributed by atoms with van der Waals surface area (Å²) in [6.45, 7) is 2.51. The molecule has 0 fully saturated rings. The zero-order valence-corrected chi connectivity index (χ0v) is 15.3. The number of unbranched alkanes of at least 4 members (excludes halogenated alkanes) is 2. The molecule has 0 saturated heterocycles. The van der Waals surface area contributed by atoms with Gasteiger partial charge in [-0.05, 0) is 49.1 Å². The normalized spacial score (nSPS) is 10.3. The van der Waals surface area contributed by atoms with Gasteiger partial charge in [0.15, 0.2) is 0 Å². The summed E-state index contributed by atoms with van der Waals surface area (Å²) in [6.07, 6.45) is 4.90. The second-order valence-electron chi connectivity index (χ2n) is 5.46. The third-order valence-corrected chi connectivity index (χ3v) is 4.39. The van der Waals surface area contributed by atoms with Crippen molar-refractivity contribution in [3.8, 4) is 5.75 Å². The fourth-order valence-corrected chi connectivity index (χ4v) is 2.73. The van der Waals surface area contributed by atoms with Crippen molar-refractivity contribution in [2.75, 3.05) is 12.9 Å². The maximum absolute atomic E-state index is 12.3. The number of carbonyl (C=O) groups excluding carboxylic acids is 2. The summed E-state index contributed by atoms with van der Waals surface area (Å²) in [4.78, 5) is 25.1. The van der Waals surface area contributed by atoms with E-state index in [-0.39, 0.29) is 5.97 Å². The lowest BCUT2D eigenvalue weighted by atomic mass is 10.1. The molecule has 4 nitrogen and oxygen atoms in total. The van der Waals surface area contributed by atoms with Crippen LogP contribution in [0.5, 0.6) is 5.75 Å². The number of hydrogen-bond acceptors (Lipinski definition) is 5. The maximum atomic E-state index is 12.3. The summed E-state index contributed by atoms with van der Waals surface area (Å²) in [5.74, 6) is -0.299. The molecule has 0 amide bonds. The van der Waals surface area contributed by atoms with Crippen LogP contribution in [0.4, 0.5) is 0 Å². The van der Waals surface area contributed by atoms with Gasteiger partial charge in [-0.15, -0.1) is 11.8 Å². The standard InChI is InChI=1S/C20H22O4S/c1-3-4-7-14-23-19(21)15-10-12-16(13-11-15)20(22)24-17-8-5-6-9-18(17)25-2/h5-6,8-13H,3-4,7,14H2,1-2H3. The lowest BCUT2D eigenvalue weighted by molar-refractivity contribution is 0.0497. The zero-order chi connectivity index (χ0) is 18.1. The topological polar surface area (TPSA) is 52.6 Å². The fourth-order valence-electron chi connectivity index (χ4n) is 2.20. The Labute approximate surface area is 152 Å². The van der Waals surface area contributed by atoms with Crippen LogP contribution in [0.25, 0.3) is 0 Å². The third-order valence-electron chi connectivity index (χ3n) is 3.61. The molecule has 0 bridgehead atoms. The van der Waals surface area contributed by atoms with Gasteiger partial charge in [0.05, 0.1) is 17.7 Å². The molecule has 0 spiro atoms. The minimum atomic E-state index is -0.454. The molecule has 132 valence electrons. The van der Waals surface area contributed by atoms with Crippen LogP contribution >= 0.6 is 11.8 Å². The number of para-hydroxylation sites is 1. The Kier molecular flexibility index (Phi) is 7.54. The average molecular weight is 358 g/mol. The number of thioether (sulfide) groups is 1. The molecule has 0 unspecified atom stereocenters. The monoisotopic (exact) mass is 358 g/mol. The van der Waals surface area contributed by atoms with Crippen LogP contribution in [0.15, 0.2) is 53.4 Å². The van der Waals surface area contributed by atoms with Crippen molar-refractivity contribution in [1.29, 1.82) is 0 Å². The molecule has 0 saturated carbocycles. The van der Waals surface area contributed by atoms with Gasteiger partial charge in [-0.1, -0.05) is 31.9 Å². The lowest BCUT2D eigenvalue weighted by Crippen LogP contribution is -2.10. The predicted octanol–water partition coefficient (Wildman–Crippen LogP) is 4.97. The predicted molar refractivity (Wildman–Crippen MR) is 99.4 cm³/mol. The van der Waals surface area contributed by atoms with Crippen molar-refractivity contribution in [1.82, 2.24) is 0 Å². The van der Waals surface area contributed by atoms with Gasteiger partial charge >= 0.3 is 11.9 Å². The molecule has 0 aliphatic heterocycles. The van der Waals surface area contributed by atoms with Crippen molar-refractivity contribution in [2.24, 2.45) is 0 Å². The van der Waals surface area contributed by atoms with Crippen LogP contribution in [0.3, 0.4) is 0 Å². The molecule has 0 aliphatic carbocycles. The van der Waals surface area contributed by atoms with E-state index in [2.05, 4.69) is 6.92 Å². The lowest BCUT2D eigenvalue weighted by Gasteiger charge is -2.08. The molecular formula is C20H22O4S. The molecule has 0 aliphatic rings. The number of benzene rings is 2. The highest BCUT2D eigenvalue weighted by molar-refractivity contribution is 7.98. The Morgan fingerprint density at radius 3 is 2.20 bits per heavy atom. The third kappa shape index (κ3) is 5.64. The van der Waals surface area contributed by atoms with E-state index in [0.29, 0.717) is 23.5 Å². The Balaban J connectivity index is 1.97. The van der Waals surface area contributed by atoms with Gasteiger partial charge < -0.3 is 9.47 Å². The molecule has 2 aromatic rings. The Morgan fingerprint density at radius 1 is 0.920 bits per heavy atom. The molecule has 2 rings (SSSR count). The van der Waals surface area contributed by atoms with Crippen molar-refractivity contribution >= 4 is 23.7 Å². The molecule has 25 heavy (non-hydrogen) atoms. The molecule has 0 aromatic heterocycles. The first-order chi connectivity index (χ1) is 12.2. The minimum absolute atomic E-state index is 0.372.